The lowest BCUT2D eigenvalue weighted by Gasteiger charge is -2.20. The average molecular weight is 545 g/mol. The first-order valence-electron chi connectivity index (χ1n) is 13.1. The molecule has 1 saturated carbocycles. The van der Waals surface area contributed by atoms with Gasteiger partial charge in [0.15, 0.2) is 5.11 Å². The first-order chi connectivity index (χ1) is 19.0. The molecule has 9 heteroatoms. The number of ether oxygens (including phenoxy) is 1. The number of rotatable bonds is 8. The number of anilines is 1. The molecule has 0 unspecified atom stereocenters. The zero-order valence-corrected chi connectivity index (χ0v) is 22.4. The smallest absolute Gasteiger partial charge is 0.269 e. The molecule has 4 rings (SSSR count). The predicted octanol–water partition coefficient (Wildman–Crippen LogP) is 4.78. The second-order valence-electron chi connectivity index (χ2n) is 9.38. The van der Waals surface area contributed by atoms with Crippen LogP contribution in [0.25, 0.3) is 0 Å². The summed E-state index contributed by atoms with van der Waals surface area (Å²) in [5.41, 5.74) is 7.55. The fourth-order valence-corrected chi connectivity index (χ4v) is 4.51. The Balaban J connectivity index is 1.20. The van der Waals surface area contributed by atoms with Gasteiger partial charge < -0.3 is 10.1 Å². The maximum Gasteiger partial charge on any atom is 0.269 e. The van der Waals surface area contributed by atoms with Gasteiger partial charge in [0.25, 0.3) is 11.8 Å². The third kappa shape index (κ3) is 8.65. The van der Waals surface area contributed by atoms with Crippen molar-refractivity contribution in [3.63, 3.8) is 0 Å². The van der Waals surface area contributed by atoms with Gasteiger partial charge >= 0.3 is 0 Å². The highest BCUT2D eigenvalue weighted by atomic mass is 32.1. The van der Waals surface area contributed by atoms with E-state index in [2.05, 4.69) is 21.5 Å². The Bertz CT molecular complexity index is 1290. The molecule has 0 aliphatic heterocycles. The molecule has 1 aliphatic carbocycles. The number of hydrogen-bond acceptors (Lipinski definition) is 5. The Kier molecular flexibility index (Phi) is 10.0. The number of hydrazine groups is 1. The molecule has 0 bridgehead atoms. The van der Waals surface area contributed by atoms with Crippen molar-refractivity contribution >= 4 is 40.7 Å². The van der Waals surface area contributed by atoms with E-state index in [0.717, 1.165) is 32.1 Å². The molecule has 0 heterocycles. The van der Waals surface area contributed by atoms with E-state index in [0.29, 0.717) is 29.2 Å². The minimum Gasteiger partial charge on any atom is -0.493 e. The molecule has 202 valence electrons. The number of hydrogen-bond donors (Lipinski definition) is 4. The van der Waals surface area contributed by atoms with E-state index in [-0.39, 0.29) is 16.9 Å². The first-order valence-corrected chi connectivity index (χ1v) is 13.5. The van der Waals surface area contributed by atoms with Gasteiger partial charge in [-0.15, -0.1) is 0 Å². The van der Waals surface area contributed by atoms with Gasteiger partial charge in [-0.2, -0.15) is 0 Å². The van der Waals surface area contributed by atoms with Gasteiger partial charge in [-0.3, -0.25) is 30.6 Å². The highest BCUT2D eigenvalue weighted by Crippen LogP contribution is 2.25. The van der Waals surface area contributed by atoms with Crippen molar-refractivity contribution in [2.24, 2.45) is 5.92 Å². The highest BCUT2D eigenvalue weighted by Gasteiger charge is 2.21. The summed E-state index contributed by atoms with van der Waals surface area (Å²) in [7, 11) is 0. The molecule has 3 amide bonds. The molecule has 1 fully saturated rings. The molecular weight excluding hydrogens is 512 g/mol. The van der Waals surface area contributed by atoms with Gasteiger partial charge in [0.2, 0.25) is 5.91 Å². The predicted molar refractivity (Wildman–Crippen MR) is 154 cm³/mol. The lowest BCUT2D eigenvalue weighted by molar-refractivity contribution is -0.120. The van der Waals surface area contributed by atoms with Gasteiger partial charge in [-0.25, -0.2) is 0 Å². The number of amides is 3. The molecule has 3 aromatic rings. The molecule has 0 saturated heterocycles. The van der Waals surface area contributed by atoms with Crippen molar-refractivity contribution in [1.82, 2.24) is 16.2 Å². The Morgan fingerprint density at radius 1 is 0.795 bits per heavy atom. The van der Waals surface area contributed by atoms with Crippen LogP contribution < -0.4 is 26.2 Å². The maximum atomic E-state index is 12.6. The molecule has 0 spiro atoms. The molecule has 39 heavy (non-hydrogen) atoms. The van der Waals surface area contributed by atoms with Crippen molar-refractivity contribution in [2.45, 2.75) is 38.5 Å². The average Bonchev–Trinajstić information content (AvgIpc) is 2.97. The number of nitrogens with one attached hydrogen (secondary N) is 4. The van der Waals surface area contributed by atoms with E-state index >= 15 is 0 Å². The highest BCUT2D eigenvalue weighted by molar-refractivity contribution is 7.80. The SMILES string of the molecule is O=C(NNC(=S)NC(=O)c1cccc(OCCc2ccccc2)c1)c1ccc(NC(=O)C2CCCCC2)cc1. The number of carbonyl (C=O) groups is 3. The lowest BCUT2D eigenvalue weighted by atomic mass is 9.88. The van der Waals surface area contributed by atoms with Crippen LogP contribution in [-0.2, 0) is 11.2 Å². The summed E-state index contributed by atoms with van der Waals surface area (Å²) in [6, 6.07) is 23.4. The van der Waals surface area contributed by atoms with Crippen molar-refractivity contribution < 1.29 is 19.1 Å². The summed E-state index contributed by atoms with van der Waals surface area (Å²) in [5, 5.41) is 5.41. The maximum absolute atomic E-state index is 12.6. The fraction of sp³-hybridized carbons (Fsp3) is 0.267. The molecule has 4 N–H and O–H groups in total. The van der Waals surface area contributed by atoms with Crippen LogP contribution in [0.1, 0.15) is 58.4 Å². The van der Waals surface area contributed by atoms with E-state index in [4.69, 9.17) is 17.0 Å². The second kappa shape index (κ2) is 14.1. The van der Waals surface area contributed by atoms with Crippen LogP contribution in [0.15, 0.2) is 78.9 Å². The van der Waals surface area contributed by atoms with Gasteiger partial charge in [-0.05, 0) is 73.1 Å². The molecule has 0 radical (unpaired) electrons. The van der Waals surface area contributed by atoms with Gasteiger partial charge in [0.05, 0.1) is 6.61 Å². The summed E-state index contributed by atoms with van der Waals surface area (Å²) in [6.07, 6.45) is 5.95. The third-order valence-corrected chi connectivity index (χ3v) is 6.71. The summed E-state index contributed by atoms with van der Waals surface area (Å²) in [6.45, 7) is 0.481. The van der Waals surface area contributed by atoms with E-state index < -0.39 is 11.8 Å². The molecule has 0 aromatic heterocycles. The van der Waals surface area contributed by atoms with Crippen molar-refractivity contribution in [2.75, 3.05) is 11.9 Å². The van der Waals surface area contributed by atoms with E-state index in [1.54, 1.807) is 48.5 Å². The third-order valence-electron chi connectivity index (χ3n) is 6.51. The Hall–Kier alpha value is -4.24. The molecule has 8 nitrogen and oxygen atoms in total. The Morgan fingerprint density at radius 3 is 2.28 bits per heavy atom. The Labute approximate surface area is 233 Å². The quantitative estimate of drug-likeness (QED) is 0.240. The minimum absolute atomic E-state index is 0.0268. The van der Waals surface area contributed by atoms with Crippen LogP contribution >= 0.6 is 12.2 Å². The zero-order chi connectivity index (χ0) is 27.5. The summed E-state index contributed by atoms with van der Waals surface area (Å²) in [4.78, 5) is 37.5. The summed E-state index contributed by atoms with van der Waals surface area (Å²) in [5.74, 6) is -0.223. The molecule has 0 atom stereocenters. The minimum atomic E-state index is -0.439. The number of thiocarbonyl (C=S) groups is 1. The number of benzene rings is 3. The van der Waals surface area contributed by atoms with E-state index in [1.165, 1.54) is 12.0 Å². The monoisotopic (exact) mass is 544 g/mol. The second-order valence-corrected chi connectivity index (χ2v) is 9.78. The zero-order valence-electron chi connectivity index (χ0n) is 21.6. The molecule has 1 aliphatic rings. The first kappa shape index (κ1) is 27.8. The lowest BCUT2D eigenvalue weighted by Crippen LogP contribution is -2.48. The van der Waals surface area contributed by atoms with Crippen molar-refractivity contribution in [3.05, 3.63) is 95.6 Å². The van der Waals surface area contributed by atoms with Crippen LogP contribution in [0.4, 0.5) is 5.69 Å². The van der Waals surface area contributed by atoms with Gasteiger partial charge in [-0.1, -0.05) is 55.7 Å². The van der Waals surface area contributed by atoms with Gasteiger partial charge in [0.1, 0.15) is 5.75 Å². The summed E-state index contributed by atoms with van der Waals surface area (Å²) >= 11 is 5.15. The van der Waals surface area contributed by atoms with Crippen LogP contribution in [0, 0.1) is 5.92 Å². The van der Waals surface area contributed by atoms with Crippen molar-refractivity contribution in [3.8, 4) is 5.75 Å². The van der Waals surface area contributed by atoms with Crippen LogP contribution in [-0.4, -0.2) is 29.4 Å². The van der Waals surface area contributed by atoms with Gasteiger partial charge in [0, 0.05) is 29.2 Å². The normalized spacial score (nSPS) is 13.1. The van der Waals surface area contributed by atoms with E-state index in [1.807, 2.05) is 30.3 Å². The standard InChI is InChI=1S/C30H32N4O4S/c35-27(22-10-5-2-6-11-22)31-25-16-14-23(15-17-25)29(37)33-34-30(39)32-28(36)24-12-7-13-26(20-24)38-19-18-21-8-3-1-4-9-21/h1,3-4,7-9,12-17,20,22H,2,5-6,10-11,18-19H2,(H,31,35)(H,33,37)(H2,32,34,36,39). The van der Waals surface area contributed by atoms with E-state index in [9.17, 15) is 14.4 Å². The fourth-order valence-electron chi connectivity index (χ4n) is 4.36. The Morgan fingerprint density at radius 2 is 1.54 bits per heavy atom. The summed E-state index contributed by atoms with van der Waals surface area (Å²) < 4.78 is 5.79. The van der Waals surface area contributed by atoms with Crippen LogP contribution in [0.5, 0.6) is 5.75 Å². The van der Waals surface area contributed by atoms with Crippen LogP contribution in [0.2, 0.25) is 0 Å². The van der Waals surface area contributed by atoms with Crippen LogP contribution in [0.3, 0.4) is 0 Å². The largest absolute Gasteiger partial charge is 0.493 e. The molecule has 3 aromatic carbocycles. The topological polar surface area (TPSA) is 109 Å². The van der Waals surface area contributed by atoms with Crippen molar-refractivity contribution in [1.29, 1.82) is 0 Å². The molecular formula is C30H32N4O4S. The number of carbonyl (C=O) groups excluding carboxylic acids is 3.